The van der Waals surface area contributed by atoms with Gasteiger partial charge in [-0.05, 0) is 41.4 Å². The number of halogens is 1. The maximum atomic E-state index is 12.1. The lowest BCUT2D eigenvalue weighted by Crippen LogP contribution is -2.24. The summed E-state index contributed by atoms with van der Waals surface area (Å²) in [4.78, 5) is 1.37. The van der Waals surface area contributed by atoms with Crippen molar-refractivity contribution in [2.24, 2.45) is 0 Å². The molecule has 0 unspecified atom stereocenters. The SMILES string of the molecule is CCCCNS(=O)(=O)c1cc(CNCCC)sc1Br. The van der Waals surface area contributed by atoms with Gasteiger partial charge in [0.1, 0.15) is 4.90 Å². The lowest BCUT2D eigenvalue weighted by molar-refractivity contribution is 0.578. The van der Waals surface area contributed by atoms with Gasteiger partial charge in [0.2, 0.25) is 10.0 Å². The van der Waals surface area contributed by atoms with E-state index in [1.807, 2.05) is 6.92 Å². The Bertz CT molecular complexity index is 486. The first kappa shape index (κ1) is 17.1. The van der Waals surface area contributed by atoms with Crippen LogP contribution in [0.5, 0.6) is 0 Å². The Labute approximate surface area is 128 Å². The Balaban J connectivity index is 2.71. The van der Waals surface area contributed by atoms with Crippen molar-refractivity contribution < 1.29 is 8.42 Å². The standard InChI is InChI=1S/C12H21BrN2O2S2/c1-3-5-7-15-19(16,17)11-8-10(18-12(11)13)9-14-6-4-2/h8,14-15H,3-7,9H2,1-2H3. The molecule has 0 aliphatic heterocycles. The van der Waals surface area contributed by atoms with Crippen LogP contribution >= 0.6 is 27.3 Å². The van der Waals surface area contributed by atoms with Crippen molar-refractivity contribution in [2.75, 3.05) is 13.1 Å². The zero-order chi connectivity index (χ0) is 14.3. The summed E-state index contributed by atoms with van der Waals surface area (Å²) in [5.41, 5.74) is 0. The van der Waals surface area contributed by atoms with E-state index in [0.717, 1.165) is 30.7 Å². The number of nitrogens with one attached hydrogen (secondary N) is 2. The Hall–Kier alpha value is 0.0500. The van der Waals surface area contributed by atoms with E-state index < -0.39 is 10.0 Å². The number of thiophene rings is 1. The van der Waals surface area contributed by atoms with Crippen LogP contribution in [0.2, 0.25) is 0 Å². The third kappa shape index (κ3) is 5.51. The summed E-state index contributed by atoms with van der Waals surface area (Å²) in [5.74, 6) is 0. The van der Waals surface area contributed by atoms with E-state index in [9.17, 15) is 8.42 Å². The van der Waals surface area contributed by atoms with Crippen molar-refractivity contribution in [3.63, 3.8) is 0 Å². The van der Waals surface area contributed by atoms with Gasteiger partial charge in [0, 0.05) is 18.0 Å². The summed E-state index contributed by atoms with van der Waals surface area (Å²) in [6.45, 7) is 6.27. The van der Waals surface area contributed by atoms with Gasteiger partial charge in [-0.2, -0.15) is 0 Å². The molecular weight excluding hydrogens is 348 g/mol. The van der Waals surface area contributed by atoms with Crippen LogP contribution in [-0.4, -0.2) is 21.5 Å². The molecule has 0 spiro atoms. The molecule has 0 atom stereocenters. The highest BCUT2D eigenvalue weighted by Crippen LogP contribution is 2.31. The predicted octanol–water partition coefficient (Wildman–Crippen LogP) is 3.09. The molecule has 0 aliphatic carbocycles. The zero-order valence-electron chi connectivity index (χ0n) is 11.3. The van der Waals surface area contributed by atoms with Crippen LogP contribution in [-0.2, 0) is 16.6 Å². The van der Waals surface area contributed by atoms with Crippen LogP contribution < -0.4 is 10.0 Å². The quantitative estimate of drug-likeness (QED) is 0.658. The second kappa shape index (κ2) is 8.36. The van der Waals surface area contributed by atoms with Crippen molar-refractivity contribution in [1.29, 1.82) is 0 Å². The third-order valence-electron chi connectivity index (χ3n) is 2.54. The molecule has 1 rings (SSSR count). The van der Waals surface area contributed by atoms with Crippen molar-refractivity contribution >= 4 is 37.3 Å². The van der Waals surface area contributed by atoms with Gasteiger partial charge in [-0.15, -0.1) is 11.3 Å². The molecule has 0 aromatic carbocycles. The second-order valence-electron chi connectivity index (χ2n) is 4.28. The van der Waals surface area contributed by atoms with E-state index in [-0.39, 0.29) is 0 Å². The highest BCUT2D eigenvalue weighted by Gasteiger charge is 2.20. The van der Waals surface area contributed by atoms with Crippen LogP contribution in [0.1, 0.15) is 38.0 Å². The van der Waals surface area contributed by atoms with Crippen LogP contribution in [0.3, 0.4) is 0 Å². The van der Waals surface area contributed by atoms with Crippen LogP contribution in [0.4, 0.5) is 0 Å². The molecule has 4 nitrogen and oxygen atoms in total. The first-order valence-corrected chi connectivity index (χ1v) is 9.59. The lowest BCUT2D eigenvalue weighted by atomic mass is 10.3. The van der Waals surface area contributed by atoms with E-state index in [4.69, 9.17) is 0 Å². The van der Waals surface area contributed by atoms with Gasteiger partial charge >= 0.3 is 0 Å². The number of hydrogen-bond acceptors (Lipinski definition) is 4. The van der Waals surface area contributed by atoms with Crippen molar-refractivity contribution in [3.05, 3.63) is 14.7 Å². The normalized spacial score (nSPS) is 11.9. The molecule has 19 heavy (non-hydrogen) atoms. The molecular formula is C12H21BrN2O2S2. The Kier molecular flexibility index (Phi) is 7.53. The molecule has 0 saturated heterocycles. The van der Waals surface area contributed by atoms with E-state index in [1.54, 1.807) is 6.07 Å². The fraction of sp³-hybridized carbons (Fsp3) is 0.667. The fourth-order valence-corrected chi connectivity index (χ4v) is 5.24. The first-order valence-electron chi connectivity index (χ1n) is 6.49. The Morgan fingerprint density at radius 2 is 2.00 bits per heavy atom. The largest absolute Gasteiger partial charge is 0.312 e. The van der Waals surface area contributed by atoms with Gasteiger partial charge < -0.3 is 5.32 Å². The highest BCUT2D eigenvalue weighted by atomic mass is 79.9. The van der Waals surface area contributed by atoms with Gasteiger partial charge in [-0.1, -0.05) is 20.3 Å². The number of unbranched alkanes of at least 4 members (excludes halogenated alkanes) is 1. The van der Waals surface area contributed by atoms with E-state index >= 15 is 0 Å². The molecule has 0 bridgehead atoms. The minimum Gasteiger partial charge on any atom is -0.312 e. The van der Waals surface area contributed by atoms with Crippen molar-refractivity contribution in [2.45, 2.75) is 44.6 Å². The summed E-state index contributed by atoms with van der Waals surface area (Å²) in [6.07, 6.45) is 2.89. The minimum absolute atomic E-state index is 0.349. The number of rotatable bonds is 9. The molecule has 110 valence electrons. The van der Waals surface area contributed by atoms with Gasteiger partial charge in [0.15, 0.2) is 0 Å². The summed E-state index contributed by atoms with van der Waals surface area (Å²) in [5, 5.41) is 3.27. The van der Waals surface area contributed by atoms with Crippen LogP contribution in [0, 0.1) is 0 Å². The minimum atomic E-state index is -3.39. The molecule has 1 heterocycles. The van der Waals surface area contributed by atoms with E-state index in [2.05, 4.69) is 32.9 Å². The summed E-state index contributed by atoms with van der Waals surface area (Å²) in [7, 11) is -3.39. The topological polar surface area (TPSA) is 58.2 Å². The molecule has 1 aromatic heterocycles. The lowest BCUT2D eigenvalue weighted by Gasteiger charge is -2.04. The van der Waals surface area contributed by atoms with Gasteiger partial charge in [-0.25, -0.2) is 13.1 Å². The number of hydrogen-bond donors (Lipinski definition) is 2. The van der Waals surface area contributed by atoms with Crippen molar-refractivity contribution in [3.8, 4) is 0 Å². The molecule has 0 amide bonds. The Morgan fingerprint density at radius 3 is 2.63 bits per heavy atom. The fourth-order valence-electron chi connectivity index (χ4n) is 1.52. The van der Waals surface area contributed by atoms with Crippen LogP contribution in [0.15, 0.2) is 14.7 Å². The predicted molar refractivity (Wildman–Crippen MR) is 84.1 cm³/mol. The summed E-state index contributed by atoms with van der Waals surface area (Å²) in [6, 6.07) is 1.74. The Morgan fingerprint density at radius 1 is 1.26 bits per heavy atom. The number of sulfonamides is 1. The molecule has 0 saturated carbocycles. The highest BCUT2D eigenvalue weighted by molar-refractivity contribution is 9.11. The van der Waals surface area contributed by atoms with Crippen molar-refractivity contribution in [1.82, 2.24) is 10.0 Å². The maximum Gasteiger partial charge on any atom is 0.242 e. The van der Waals surface area contributed by atoms with Gasteiger partial charge in [0.05, 0.1) is 3.79 Å². The van der Waals surface area contributed by atoms with E-state index in [0.29, 0.717) is 21.8 Å². The van der Waals surface area contributed by atoms with Crippen LogP contribution in [0.25, 0.3) is 0 Å². The summed E-state index contributed by atoms with van der Waals surface area (Å²) >= 11 is 4.81. The molecule has 7 heteroatoms. The average molecular weight is 369 g/mol. The third-order valence-corrected chi connectivity index (χ3v) is 6.26. The molecule has 2 N–H and O–H groups in total. The molecule has 1 aromatic rings. The second-order valence-corrected chi connectivity index (χ2v) is 8.47. The molecule has 0 fully saturated rings. The first-order chi connectivity index (χ1) is 9.01. The summed E-state index contributed by atoms with van der Waals surface area (Å²) < 4.78 is 27.5. The molecule has 0 radical (unpaired) electrons. The zero-order valence-corrected chi connectivity index (χ0v) is 14.5. The monoisotopic (exact) mass is 368 g/mol. The van der Waals surface area contributed by atoms with E-state index in [1.165, 1.54) is 11.3 Å². The average Bonchev–Trinajstić information content (AvgIpc) is 2.72. The smallest absolute Gasteiger partial charge is 0.242 e. The maximum absolute atomic E-state index is 12.1. The molecule has 0 aliphatic rings. The van der Waals surface area contributed by atoms with Gasteiger partial charge in [-0.3, -0.25) is 0 Å². The van der Waals surface area contributed by atoms with Gasteiger partial charge in [0.25, 0.3) is 0 Å².